The summed E-state index contributed by atoms with van der Waals surface area (Å²) < 4.78 is 29.9. The van der Waals surface area contributed by atoms with Crippen molar-refractivity contribution in [2.24, 2.45) is 0 Å². The molecule has 58 valence electrons. The highest BCUT2D eigenvalue weighted by Gasteiger charge is 1.93. The second-order valence-electron chi connectivity index (χ2n) is 1.88. The molecule has 0 saturated heterocycles. The van der Waals surface area contributed by atoms with Crippen LogP contribution >= 0.6 is 0 Å². The van der Waals surface area contributed by atoms with E-state index < -0.39 is 10.1 Å². The molecule has 0 aromatic carbocycles. The molecule has 0 rings (SSSR count). The summed E-state index contributed by atoms with van der Waals surface area (Å²) in [5.74, 6) is -0.353. The summed E-state index contributed by atoms with van der Waals surface area (Å²) in [6.07, 6.45) is 1.09. The molecule has 0 aliphatic heterocycles. The zero-order valence-electron chi connectivity index (χ0n) is 5.41. The molecule has 0 bridgehead atoms. The van der Waals surface area contributed by atoms with Gasteiger partial charge in [0.15, 0.2) is 0 Å². The van der Waals surface area contributed by atoms with Crippen LogP contribution in [0.4, 0.5) is 0 Å². The summed E-state index contributed by atoms with van der Waals surface area (Å²) in [7, 11) is -4.06. The van der Waals surface area contributed by atoms with E-state index in [-0.39, 0.29) is 5.75 Å². The maximum absolute atomic E-state index is 9.96. The van der Waals surface area contributed by atoms with Crippen LogP contribution in [-0.2, 0) is 10.1 Å². The van der Waals surface area contributed by atoms with Crippen LogP contribution in [-0.4, -0.2) is 18.7 Å². The summed E-state index contributed by atoms with van der Waals surface area (Å²) in [4.78, 5) is 0. The first-order valence-electron chi connectivity index (χ1n) is 2.87. The van der Waals surface area contributed by atoms with Crippen molar-refractivity contribution >= 4 is 10.1 Å². The Morgan fingerprint density at radius 2 is 2.00 bits per heavy atom. The molecule has 0 fully saturated rings. The number of nitriles is 1. The van der Waals surface area contributed by atoms with E-state index in [0.29, 0.717) is 19.3 Å². The van der Waals surface area contributed by atoms with Gasteiger partial charge in [-0.2, -0.15) is 5.26 Å². The van der Waals surface area contributed by atoms with E-state index in [9.17, 15) is 13.0 Å². The number of hydrogen-bond acceptors (Lipinski definition) is 4. The van der Waals surface area contributed by atoms with E-state index in [1.807, 2.05) is 6.07 Å². The van der Waals surface area contributed by atoms with Crippen LogP contribution in [0.15, 0.2) is 0 Å². The SMILES string of the molecule is N#CCCCCS(=O)(=O)[O-]. The van der Waals surface area contributed by atoms with E-state index in [0.717, 1.165) is 0 Å². The highest BCUT2D eigenvalue weighted by Crippen LogP contribution is 1.96. The molecule has 0 N–H and O–H groups in total. The molecule has 4 nitrogen and oxygen atoms in total. The van der Waals surface area contributed by atoms with Crippen LogP contribution in [0.25, 0.3) is 0 Å². The quantitative estimate of drug-likeness (QED) is 0.437. The van der Waals surface area contributed by atoms with Gasteiger partial charge in [-0.1, -0.05) is 0 Å². The van der Waals surface area contributed by atoms with E-state index >= 15 is 0 Å². The Bertz CT molecular complexity index is 214. The molecular weight excluding hydrogens is 154 g/mol. The van der Waals surface area contributed by atoms with Crippen LogP contribution < -0.4 is 0 Å². The average Bonchev–Trinajstić information content (AvgIpc) is 1.78. The van der Waals surface area contributed by atoms with E-state index in [4.69, 9.17) is 5.26 Å². The summed E-state index contributed by atoms with van der Waals surface area (Å²) in [5.41, 5.74) is 0. The second kappa shape index (κ2) is 4.25. The minimum Gasteiger partial charge on any atom is -0.748 e. The Hall–Kier alpha value is -0.600. The molecule has 0 heterocycles. The van der Waals surface area contributed by atoms with E-state index in [2.05, 4.69) is 0 Å². The predicted molar refractivity (Wildman–Crippen MR) is 34.0 cm³/mol. The lowest BCUT2D eigenvalue weighted by atomic mass is 10.3. The molecule has 10 heavy (non-hydrogen) atoms. The van der Waals surface area contributed by atoms with Crippen molar-refractivity contribution in [3.63, 3.8) is 0 Å². The first-order chi connectivity index (χ1) is 4.56. The normalized spacial score (nSPS) is 10.8. The number of unbranched alkanes of at least 4 members (excludes halogenated alkanes) is 2. The third-order valence-electron chi connectivity index (χ3n) is 0.933. The third-order valence-corrected chi connectivity index (χ3v) is 1.72. The van der Waals surface area contributed by atoms with Crippen molar-refractivity contribution in [3.8, 4) is 6.07 Å². The van der Waals surface area contributed by atoms with Crippen molar-refractivity contribution in [2.45, 2.75) is 19.3 Å². The maximum Gasteiger partial charge on any atom is 0.0945 e. The minimum absolute atomic E-state index is 0.291. The minimum atomic E-state index is -4.06. The van der Waals surface area contributed by atoms with Gasteiger partial charge < -0.3 is 4.55 Å². The van der Waals surface area contributed by atoms with Crippen molar-refractivity contribution in [1.82, 2.24) is 0 Å². The molecule has 0 aliphatic carbocycles. The van der Waals surface area contributed by atoms with Crippen LogP contribution in [0.5, 0.6) is 0 Å². The maximum atomic E-state index is 9.96. The molecule has 5 heteroatoms. The summed E-state index contributed by atoms with van der Waals surface area (Å²) >= 11 is 0. The van der Waals surface area contributed by atoms with Crippen LogP contribution in [0.2, 0.25) is 0 Å². The molecule has 0 aromatic rings. The Kier molecular flexibility index (Phi) is 4.00. The van der Waals surface area contributed by atoms with Crippen molar-refractivity contribution < 1.29 is 13.0 Å². The first-order valence-corrected chi connectivity index (χ1v) is 4.44. The van der Waals surface area contributed by atoms with Gasteiger partial charge in [0, 0.05) is 12.2 Å². The van der Waals surface area contributed by atoms with Gasteiger partial charge in [0.05, 0.1) is 16.2 Å². The Balaban J connectivity index is 3.32. The molecule has 0 saturated carbocycles. The molecular formula is C5H8NO3S-. The molecule has 0 aliphatic rings. The number of rotatable bonds is 4. The standard InChI is InChI=1S/C5H9NO3S/c6-4-2-1-3-5-10(7,8)9/h1-3,5H2,(H,7,8,9)/p-1. The third kappa shape index (κ3) is 7.40. The number of nitrogens with zero attached hydrogens (tertiary/aromatic N) is 1. The summed E-state index contributed by atoms with van der Waals surface area (Å²) in [5, 5.41) is 8.02. The smallest absolute Gasteiger partial charge is 0.0945 e. The van der Waals surface area contributed by atoms with Gasteiger partial charge in [-0.3, -0.25) is 0 Å². The Morgan fingerprint density at radius 3 is 2.40 bits per heavy atom. The molecule has 0 amide bonds. The fraction of sp³-hybridized carbons (Fsp3) is 0.800. The van der Waals surface area contributed by atoms with Crippen molar-refractivity contribution in [3.05, 3.63) is 0 Å². The first kappa shape index (κ1) is 9.40. The zero-order chi connectivity index (χ0) is 8.04. The van der Waals surface area contributed by atoms with Crippen molar-refractivity contribution in [2.75, 3.05) is 5.75 Å². The summed E-state index contributed by atoms with van der Waals surface area (Å²) in [6, 6.07) is 1.86. The summed E-state index contributed by atoms with van der Waals surface area (Å²) in [6.45, 7) is 0. The van der Waals surface area contributed by atoms with Crippen LogP contribution in [0.3, 0.4) is 0 Å². The van der Waals surface area contributed by atoms with Gasteiger partial charge in [-0.05, 0) is 12.8 Å². The van der Waals surface area contributed by atoms with Crippen molar-refractivity contribution in [1.29, 1.82) is 5.26 Å². The molecule has 0 atom stereocenters. The lowest BCUT2D eigenvalue weighted by molar-refractivity contribution is 0.460. The Morgan fingerprint density at radius 1 is 1.40 bits per heavy atom. The van der Waals surface area contributed by atoms with Gasteiger partial charge in [-0.15, -0.1) is 0 Å². The van der Waals surface area contributed by atoms with E-state index in [1.165, 1.54) is 0 Å². The van der Waals surface area contributed by atoms with E-state index in [1.54, 1.807) is 0 Å². The fourth-order valence-electron chi connectivity index (χ4n) is 0.483. The predicted octanol–water partition coefficient (Wildman–Crippen LogP) is 0.225. The lowest BCUT2D eigenvalue weighted by Crippen LogP contribution is -2.03. The van der Waals surface area contributed by atoms with Crippen LogP contribution in [0, 0.1) is 11.3 Å². The fourth-order valence-corrected chi connectivity index (χ4v) is 1.04. The van der Waals surface area contributed by atoms with Gasteiger partial charge in [0.1, 0.15) is 0 Å². The van der Waals surface area contributed by atoms with Gasteiger partial charge in [0.25, 0.3) is 0 Å². The largest absolute Gasteiger partial charge is 0.748 e. The lowest BCUT2D eigenvalue weighted by Gasteiger charge is -2.03. The van der Waals surface area contributed by atoms with Crippen LogP contribution in [0.1, 0.15) is 19.3 Å². The zero-order valence-corrected chi connectivity index (χ0v) is 6.23. The monoisotopic (exact) mass is 162 g/mol. The molecule has 0 radical (unpaired) electrons. The molecule has 0 aromatic heterocycles. The number of hydrogen-bond donors (Lipinski definition) is 0. The van der Waals surface area contributed by atoms with Gasteiger partial charge >= 0.3 is 0 Å². The Labute approximate surface area is 60.2 Å². The van der Waals surface area contributed by atoms with Gasteiger partial charge in [-0.25, -0.2) is 8.42 Å². The van der Waals surface area contributed by atoms with Gasteiger partial charge in [0.2, 0.25) is 0 Å². The average molecular weight is 162 g/mol. The molecule has 0 unspecified atom stereocenters. The second-order valence-corrected chi connectivity index (χ2v) is 3.40. The highest BCUT2D eigenvalue weighted by atomic mass is 32.2. The highest BCUT2D eigenvalue weighted by molar-refractivity contribution is 7.85. The topological polar surface area (TPSA) is 81.0 Å². The molecule has 0 spiro atoms.